The van der Waals surface area contributed by atoms with Crippen molar-refractivity contribution in [1.29, 1.82) is 0 Å². The van der Waals surface area contributed by atoms with E-state index in [0.29, 0.717) is 11.3 Å². The van der Waals surface area contributed by atoms with Crippen LogP contribution >= 0.6 is 11.6 Å². The number of carboxylic acid groups (broad SMARTS) is 1. The van der Waals surface area contributed by atoms with E-state index in [1.54, 1.807) is 36.4 Å². The Bertz CT molecular complexity index is 641. The topological polar surface area (TPSA) is 82.1 Å². The number of aromatic nitrogens is 1. The Hall–Kier alpha value is -2.40. The van der Waals surface area contributed by atoms with E-state index < -0.39 is 5.97 Å². The molecule has 5 nitrogen and oxygen atoms in total. The molecule has 0 spiro atoms. The average Bonchev–Trinajstić information content (AvgIpc) is 2.41. The zero-order valence-corrected chi connectivity index (χ0v) is 11.1. The van der Waals surface area contributed by atoms with Gasteiger partial charge in [-0.25, -0.2) is 4.98 Å². The van der Waals surface area contributed by atoms with Crippen LogP contribution in [0.1, 0.15) is 15.9 Å². The number of nitrogens with zero attached hydrogens (tertiary/aromatic N) is 1. The van der Waals surface area contributed by atoms with E-state index in [0.717, 1.165) is 0 Å². The molecule has 0 aliphatic carbocycles. The lowest BCUT2D eigenvalue weighted by molar-refractivity contribution is -0.304. The van der Waals surface area contributed by atoms with Gasteiger partial charge in [0.05, 0.1) is 5.56 Å². The van der Waals surface area contributed by atoms with E-state index in [1.165, 1.54) is 6.20 Å². The SMILES string of the molecule is O=C([O-])Cc1ccc(NC(=O)c2cccnc2Cl)cc1. The normalized spacial score (nSPS) is 10.1. The van der Waals surface area contributed by atoms with Gasteiger partial charge in [0, 0.05) is 24.3 Å². The molecule has 0 radical (unpaired) electrons. The number of hydrogen-bond acceptors (Lipinski definition) is 4. The summed E-state index contributed by atoms with van der Waals surface area (Å²) in [6.45, 7) is 0. The molecule has 1 aromatic heterocycles. The highest BCUT2D eigenvalue weighted by atomic mass is 35.5. The molecule has 0 atom stereocenters. The van der Waals surface area contributed by atoms with Crippen LogP contribution in [0.15, 0.2) is 42.6 Å². The highest BCUT2D eigenvalue weighted by Gasteiger charge is 2.10. The number of anilines is 1. The number of hydrogen-bond donors (Lipinski definition) is 1. The van der Waals surface area contributed by atoms with Gasteiger partial charge >= 0.3 is 0 Å². The Balaban J connectivity index is 2.09. The van der Waals surface area contributed by atoms with Crippen molar-refractivity contribution in [3.05, 3.63) is 58.9 Å². The first kappa shape index (κ1) is 14.0. The maximum absolute atomic E-state index is 12.0. The maximum atomic E-state index is 12.0. The molecule has 0 aliphatic heterocycles. The van der Waals surface area contributed by atoms with E-state index in [2.05, 4.69) is 10.3 Å². The predicted octanol–water partition coefficient (Wildman–Crippen LogP) is 1.28. The average molecular weight is 290 g/mol. The van der Waals surface area contributed by atoms with E-state index in [1.807, 2.05) is 0 Å². The predicted molar refractivity (Wildman–Crippen MR) is 72.4 cm³/mol. The molecule has 0 fully saturated rings. The number of pyridine rings is 1. The lowest BCUT2D eigenvalue weighted by Crippen LogP contribution is -2.24. The van der Waals surface area contributed by atoms with Crippen LogP contribution in [0.5, 0.6) is 0 Å². The first-order valence-corrected chi connectivity index (χ1v) is 6.14. The molecule has 1 aromatic carbocycles. The minimum absolute atomic E-state index is 0.124. The molecule has 0 unspecified atom stereocenters. The minimum atomic E-state index is -1.15. The lowest BCUT2D eigenvalue weighted by atomic mass is 10.1. The smallest absolute Gasteiger partial charge is 0.258 e. The standard InChI is InChI=1S/C14H11ClN2O3/c15-13-11(2-1-7-16-13)14(20)17-10-5-3-9(4-6-10)8-12(18)19/h1-7H,8H2,(H,17,20)(H,18,19)/p-1. The number of halogens is 1. The fourth-order valence-electron chi connectivity index (χ4n) is 1.63. The first-order valence-electron chi connectivity index (χ1n) is 5.77. The third-order valence-corrected chi connectivity index (χ3v) is 2.87. The number of aliphatic carboxylic acids is 1. The second kappa shape index (κ2) is 6.16. The van der Waals surface area contributed by atoms with Crippen LogP contribution in [0.3, 0.4) is 0 Å². The van der Waals surface area contributed by atoms with Crippen molar-refractivity contribution in [3.63, 3.8) is 0 Å². The van der Waals surface area contributed by atoms with Crippen LogP contribution in [0, 0.1) is 0 Å². The second-order valence-electron chi connectivity index (χ2n) is 4.04. The molecule has 0 saturated carbocycles. The van der Waals surface area contributed by atoms with Gasteiger partial charge in [-0.2, -0.15) is 0 Å². The highest BCUT2D eigenvalue weighted by Crippen LogP contribution is 2.15. The molecule has 1 heterocycles. The van der Waals surface area contributed by atoms with Crippen LogP contribution in [0.2, 0.25) is 5.15 Å². The summed E-state index contributed by atoms with van der Waals surface area (Å²) < 4.78 is 0. The van der Waals surface area contributed by atoms with Crippen LogP contribution in [0.25, 0.3) is 0 Å². The molecule has 0 aliphatic rings. The van der Waals surface area contributed by atoms with Gasteiger partial charge in [0.1, 0.15) is 5.15 Å². The van der Waals surface area contributed by atoms with Gasteiger partial charge in [0.2, 0.25) is 0 Å². The summed E-state index contributed by atoms with van der Waals surface area (Å²) in [5.74, 6) is -1.53. The highest BCUT2D eigenvalue weighted by molar-refractivity contribution is 6.33. The van der Waals surface area contributed by atoms with E-state index in [-0.39, 0.29) is 23.0 Å². The van der Waals surface area contributed by atoms with E-state index in [9.17, 15) is 14.7 Å². The maximum Gasteiger partial charge on any atom is 0.258 e. The number of nitrogens with one attached hydrogen (secondary N) is 1. The molecular weight excluding hydrogens is 280 g/mol. The number of carbonyl (C=O) groups is 2. The Morgan fingerprint density at radius 2 is 1.90 bits per heavy atom. The van der Waals surface area contributed by atoms with Gasteiger partial charge in [0.15, 0.2) is 0 Å². The molecule has 6 heteroatoms. The molecule has 2 rings (SSSR count). The summed E-state index contributed by atoms with van der Waals surface area (Å²) in [5, 5.41) is 13.2. The Kier molecular flexibility index (Phi) is 4.32. The quantitative estimate of drug-likeness (QED) is 0.860. The number of rotatable bonds is 4. The summed E-state index contributed by atoms with van der Waals surface area (Å²) in [6.07, 6.45) is 1.33. The Labute approximate surface area is 120 Å². The van der Waals surface area contributed by atoms with Crippen molar-refractivity contribution in [1.82, 2.24) is 4.98 Å². The third-order valence-electron chi connectivity index (χ3n) is 2.56. The molecule has 102 valence electrons. The van der Waals surface area contributed by atoms with Crippen molar-refractivity contribution in [2.24, 2.45) is 0 Å². The number of carboxylic acids is 1. The van der Waals surface area contributed by atoms with Crippen molar-refractivity contribution < 1.29 is 14.7 Å². The molecule has 0 bridgehead atoms. The van der Waals surface area contributed by atoms with E-state index in [4.69, 9.17) is 11.6 Å². The molecule has 20 heavy (non-hydrogen) atoms. The summed E-state index contributed by atoms with van der Waals surface area (Å²) in [6, 6.07) is 9.62. The van der Waals surface area contributed by atoms with Crippen LogP contribution in [-0.2, 0) is 11.2 Å². The minimum Gasteiger partial charge on any atom is -0.550 e. The number of benzene rings is 1. The summed E-state index contributed by atoms with van der Waals surface area (Å²) in [7, 11) is 0. The van der Waals surface area contributed by atoms with Crippen molar-refractivity contribution in [2.45, 2.75) is 6.42 Å². The fraction of sp³-hybridized carbons (Fsp3) is 0.0714. The van der Waals surface area contributed by atoms with Crippen LogP contribution in [0.4, 0.5) is 5.69 Å². The van der Waals surface area contributed by atoms with Crippen LogP contribution < -0.4 is 10.4 Å². The molecule has 1 amide bonds. The third kappa shape index (κ3) is 3.55. The Morgan fingerprint density at radius 1 is 1.20 bits per heavy atom. The van der Waals surface area contributed by atoms with Crippen molar-refractivity contribution in [3.8, 4) is 0 Å². The Morgan fingerprint density at radius 3 is 2.50 bits per heavy atom. The van der Waals surface area contributed by atoms with Gasteiger partial charge in [0.25, 0.3) is 5.91 Å². The zero-order valence-electron chi connectivity index (χ0n) is 10.3. The largest absolute Gasteiger partial charge is 0.550 e. The summed E-state index contributed by atoms with van der Waals surface area (Å²) >= 11 is 5.82. The fourth-order valence-corrected chi connectivity index (χ4v) is 1.83. The molecule has 0 saturated heterocycles. The monoisotopic (exact) mass is 289 g/mol. The summed E-state index contributed by atoms with van der Waals surface area (Å²) in [4.78, 5) is 26.2. The molecule has 2 aromatic rings. The van der Waals surface area contributed by atoms with Gasteiger partial charge in [-0.3, -0.25) is 4.79 Å². The van der Waals surface area contributed by atoms with E-state index >= 15 is 0 Å². The van der Waals surface area contributed by atoms with Crippen LogP contribution in [-0.4, -0.2) is 16.9 Å². The lowest BCUT2D eigenvalue weighted by Gasteiger charge is -2.07. The molecular formula is C14H10ClN2O3-. The van der Waals surface area contributed by atoms with Gasteiger partial charge in [-0.15, -0.1) is 0 Å². The van der Waals surface area contributed by atoms with Gasteiger partial charge in [-0.05, 0) is 29.8 Å². The zero-order chi connectivity index (χ0) is 14.5. The molecule has 1 N–H and O–H groups in total. The second-order valence-corrected chi connectivity index (χ2v) is 4.40. The van der Waals surface area contributed by atoms with Crippen molar-refractivity contribution >= 4 is 29.2 Å². The summed E-state index contributed by atoms with van der Waals surface area (Å²) in [5.41, 5.74) is 1.41. The number of amides is 1. The van der Waals surface area contributed by atoms with Gasteiger partial charge < -0.3 is 15.2 Å². The first-order chi connectivity index (χ1) is 9.56. The number of carbonyl (C=O) groups excluding carboxylic acids is 2. The van der Waals surface area contributed by atoms with Crippen molar-refractivity contribution in [2.75, 3.05) is 5.32 Å². The van der Waals surface area contributed by atoms with Gasteiger partial charge in [-0.1, -0.05) is 23.7 Å².